The standard InChI is InChI=1S/C10H18N4O2/c1-4-14-9(8(11)5-12-14)10(16)13(3)6-7(2)15/h5,7,15H,4,6,11H2,1-3H3. The van der Waals surface area contributed by atoms with Crippen LogP contribution in [0, 0.1) is 0 Å². The van der Waals surface area contributed by atoms with Crippen molar-refractivity contribution in [2.45, 2.75) is 26.5 Å². The first-order valence-corrected chi connectivity index (χ1v) is 5.22. The average molecular weight is 226 g/mol. The summed E-state index contributed by atoms with van der Waals surface area (Å²) < 4.78 is 1.55. The fourth-order valence-electron chi connectivity index (χ4n) is 1.53. The molecule has 0 aliphatic rings. The van der Waals surface area contributed by atoms with Crippen LogP contribution in [0.5, 0.6) is 0 Å². The number of likely N-dealkylation sites (N-methyl/N-ethyl adjacent to an activating group) is 1. The summed E-state index contributed by atoms with van der Waals surface area (Å²) in [6.45, 7) is 4.37. The summed E-state index contributed by atoms with van der Waals surface area (Å²) in [6, 6.07) is 0. The number of aryl methyl sites for hydroxylation is 1. The first-order chi connectivity index (χ1) is 7.47. The highest BCUT2D eigenvalue weighted by Gasteiger charge is 2.20. The van der Waals surface area contributed by atoms with Crippen molar-refractivity contribution < 1.29 is 9.90 Å². The lowest BCUT2D eigenvalue weighted by molar-refractivity contribution is 0.0693. The van der Waals surface area contributed by atoms with E-state index in [1.54, 1.807) is 18.7 Å². The van der Waals surface area contributed by atoms with E-state index in [-0.39, 0.29) is 12.5 Å². The van der Waals surface area contributed by atoms with Gasteiger partial charge in [-0.1, -0.05) is 0 Å². The third-order valence-corrected chi connectivity index (χ3v) is 2.25. The van der Waals surface area contributed by atoms with E-state index in [1.807, 2.05) is 6.92 Å². The molecule has 0 saturated carbocycles. The van der Waals surface area contributed by atoms with Gasteiger partial charge in [0.2, 0.25) is 0 Å². The molecule has 0 fully saturated rings. The second-order valence-electron chi connectivity index (χ2n) is 3.80. The Bertz CT molecular complexity index is 373. The van der Waals surface area contributed by atoms with Crippen LogP contribution in [-0.4, -0.2) is 45.4 Å². The van der Waals surface area contributed by atoms with Gasteiger partial charge in [-0.05, 0) is 13.8 Å². The number of nitrogens with two attached hydrogens (primary N) is 1. The topological polar surface area (TPSA) is 84.4 Å². The number of hydrogen-bond acceptors (Lipinski definition) is 4. The number of aromatic nitrogens is 2. The van der Waals surface area contributed by atoms with Gasteiger partial charge in [-0.2, -0.15) is 5.10 Å². The zero-order valence-corrected chi connectivity index (χ0v) is 9.84. The van der Waals surface area contributed by atoms with E-state index in [0.29, 0.717) is 17.9 Å². The zero-order valence-electron chi connectivity index (χ0n) is 9.84. The lowest BCUT2D eigenvalue weighted by Gasteiger charge is -2.19. The van der Waals surface area contributed by atoms with Crippen LogP contribution in [0.1, 0.15) is 24.3 Å². The molecule has 0 aliphatic heterocycles. The predicted molar refractivity (Wildman–Crippen MR) is 61.0 cm³/mol. The van der Waals surface area contributed by atoms with Crippen molar-refractivity contribution in [1.82, 2.24) is 14.7 Å². The molecule has 0 radical (unpaired) electrons. The molecule has 1 rings (SSSR count). The molecule has 0 bridgehead atoms. The highest BCUT2D eigenvalue weighted by atomic mass is 16.3. The van der Waals surface area contributed by atoms with Crippen LogP contribution in [0.3, 0.4) is 0 Å². The molecule has 16 heavy (non-hydrogen) atoms. The Morgan fingerprint density at radius 3 is 2.88 bits per heavy atom. The first kappa shape index (κ1) is 12.5. The molecular formula is C10H18N4O2. The lowest BCUT2D eigenvalue weighted by atomic mass is 10.3. The third-order valence-electron chi connectivity index (χ3n) is 2.25. The maximum Gasteiger partial charge on any atom is 0.274 e. The highest BCUT2D eigenvalue weighted by molar-refractivity contribution is 5.97. The van der Waals surface area contributed by atoms with Crippen LogP contribution in [0.25, 0.3) is 0 Å². The van der Waals surface area contributed by atoms with E-state index < -0.39 is 6.10 Å². The zero-order chi connectivity index (χ0) is 12.3. The van der Waals surface area contributed by atoms with Crippen molar-refractivity contribution in [2.24, 2.45) is 0 Å². The monoisotopic (exact) mass is 226 g/mol. The van der Waals surface area contributed by atoms with Crippen molar-refractivity contribution in [3.63, 3.8) is 0 Å². The minimum atomic E-state index is -0.562. The highest BCUT2D eigenvalue weighted by Crippen LogP contribution is 2.13. The Labute approximate surface area is 94.6 Å². The molecule has 6 heteroatoms. The maximum absolute atomic E-state index is 12.0. The number of carbonyl (C=O) groups excluding carboxylic acids is 1. The van der Waals surface area contributed by atoms with Crippen molar-refractivity contribution >= 4 is 11.6 Å². The van der Waals surface area contributed by atoms with Crippen LogP contribution in [0.2, 0.25) is 0 Å². The Balaban J connectivity index is 2.91. The van der Waals surface area contributed by atoms with Gasteiger partial charge in [-0.3, -0.25) is 9.48 Å². The van der Waals surface area contributed by atoms with Crippen molar-refractivity contribution in [2.75, 3.05) is 19.3 Å². The molecule has 1 aromatic rings. The SMILES string of the molecule is CCn1ncc(N)c1C(=O)N(C)CC(C)O. The van der Waals surface area contributed by atoms with Gasteiger partial charge in [0.05, 0.1) is 18.0 Å². The van der Waals surface area contributed by atoms with Gasteiger partial charge in [-0.15, -0.1) is 0 Å². The number of amides is 1. The molecule has 0 spiro atoms. The van der Waals surface area contributed by atoms with Crippen molar-refractivity contribution in [3.8, 4) is 0 Å². The van der Waals surface area contributed by atoms with Gasteiger partial charge in [0.15, 0.2) is 0 Å². The van der Waals surface area contributed by atoms with Crippen LogP contribution in [0.15, 0.2) is 6.20 Å². The summed E-state index contributed by atoms with van der Waals surface area (Å²) in [5.74, 6) is -0.224. The van der Waals surface area contributed by atoms with E-state index in [1.165, 1.54) is 11.1 Å². The maximum atomic E-state index is 12.0. The second kappa shape index (κ2) is 4.98. The van der Waals surface area contributed by atoms with Crippen molar-refractivity contribution in [1.29, 1.82) is 0 Å². The summed E-state index contributed by atoms with van der Waals surface area (Å²) in [5.41, 5.74) is 6.44. The number of anilines is 1. The molecular weight excluding hydrogens is 208 g/mol. The second-order valence-corrected chi connectivity index (χ2v) is 3.80. The van der Waals surface area contributed by atoms with Gasteiger partial charge in [0.25, 0.3) is 5.91 Å². The number of aliphatic hydroxyl groups excluding tert-OH is 1. The van der Waals surface area contributed by atoms with Crippen LogP contribution < -0.4 is 5.73 Å². The van der Waals surface area contributed by atoms with E-state index in [9.17, 15) is 9.90 Å². The smallest absolute Gasteiger partial charge is 0.274 e. The van der Waals surface area contributed by atoms with Gasteiger partial charge < -0.3 is 15.7 Å². The molecule has 1 amide bonds. The van der Waals surface area contributed by atoms with Crippen LogP contribution in [0.4, 0.5) is 5.69 Å². The molecule has 1 heterocycles. The Morgan fingerprint density at radius 2 is 2.38 bits per heavy atom. The van der Waals surface area contributed by atoms with Gasteiger partial charge in [0.1, 0.15) is 5.69 Å². The molecule has 90 valence electrons. The largest absolute Gasteiger partial charge is 0.396 e. The predicted octanol–water partition coefficient (Wildman–Crippen LogP) is -0.0620. The number of carbonyl (C=O) groups is 1. The summed E-state index contributed by atoms with van der Waals surface area (Å²) in [6.07, 6.45) is 0.903. The van der Waals surface area contributed by atoms with Gasteiger partial charge in [-0.25, -0.2) is 0 Å². The quantitative estimate of drug-likeness (QED) is 0.753. The summed E-state index contributed by atoms with van der Waals surface area (Å²) in [5, 5.41) is 13.2. The number of nitrogen functional groups attached to an aromatic ring is 1. The molecule has 6 nitrogen and oxygen atoms in total. The Hall–Kier alpha value is -1.56. The molecule has 3 N–H and O–H groups in total. The summed E-state index contributed by atoms with van der Waals surface area (Å²) >= 11 is 0. The number of hydrogen-bond donors (Lipinski definition) is 2. The van der Waals surface area contributed by atoms with E-state index in [2.05, 4.69) is 5.10 Å². The molecule has 1 atom stereocenters. The van der Waals surface area contributed by atoms with Gasteiger partial charge >= 0.3 is 0 Å². The lowest BCUT2D eigenvalue weighted by Crippen LogP contribution is -2.34. The van der Waals surface area contributed by atoms with Crippen molar-refractivity contribution in [3.05, 3.63) is 11.9 Å². The number of rotatable bonds is 4. The molecule has 1 unspecified atom stereocenters. The normalized spacial score (nSPS) is 12.5. The van der Waals surface area contributed by atoms with Gasteiger partial charge in [0, 0.05) is 20.1 Å². The van der Waals surface area contributed by atoms with E-state index in [0.717, 1.165) is 0 Å². The molecule has 0 aromatic carbocycles. The fourth-order valence-corrected chi connectivity index (χ4v) is 1.53. The Kier molecular flexibility index (Phi) is 3.89. The summed E-state index contributed by atoms with van der Waals surface area (Å²) in [4.78, 5) is 13.5. The average Bonchev–Trinajstić information content (AvgIpc) is 2.57. The van der Waals surface area contributed by atoms with Crippen LogP contribution in [-0.2, 0) is 6.54 Å². The third kappa shape index (κ3) is 2.52. The first-order valence-electron chi connectivity index (χ1n) is 5.22. The number of nitrogens with zero attached hydrogens (tertiary/aromatic N) is 3. The fraction of sp³-hybridized carbons (Fsp3) is 0.600. The van der Waals surface area contributed by atoms with Crippen LogP contribution >= 0.6 is 0 Å². The van der Waals surface area contributed by atoms with E-state index in [4.69, 9.17) is 5.73 Å². The van der Waals surface area contributed by atoms with E-state index >= 15 is 0 Å². The molecule has 0 saturated heterocycles. The minimum absolute atomic E-state index is 0.224. The minimum Gasteiger partial charge on any atom is -0.396 e. The number of aliphatic hydroxyl groups is 1. The molecule has 1 aromatic heterocycles. The summed E-state index contributed by atoms with van der Waals surface area (Å²) in [7, 11) is 1.63. The Morgan fingerprint density at radius 1 is 1.75 bits per heavy atom. The molecule has 0 aliphatic carbocycles.